The molecule has 0 bridgehead atoms. The molecule has 162 valence electrons. The average Bonchev–Trinajstić information content (AvgIpc) is 3.24. The summed E-state index contributed by atoms with van der Waals surface area (Å²) in [5, 5.41) is 11.8. The largest absolute Gasteiger partial charge is 0.419 e. The Morgan fingerprint density at radius 2 is 1.87 bits per heavy atom. The van der Waals surface area contributed by atoms with Crippen LogP contribution in [0.4, 0.5) is 4.39 Å². The van der Waals surface area contributed by atoms with E-state index in [1.807, 2.05) is 12.1 Å². The molecule has 0 aliphatic carbocycles. The van der Waals surface area contributed by atoms with Gasteiger partial charge < -0.3 is 9.73 Å². The minimum absolute atomic E-state index is 0.0239. The molecule has 1 amide bonds. The third kappa shape index (κ3) is 5.68. The third-order valence-corrected chi connectivity index (χ3v) is 5.78. The van der Waals surface area contributed by atoms with Gasteiger partial charge in [-0.05, 0) is 68.2 Å². The molecule has 3 aromatic rings. The molecule has 0 saturated carbocycles. The highest BCUT2D eigenvalue weighted by atomic mass is 35.5. The zero-order valence-electron chi connectivity index (χ0n) is 17.1. The molecule has 0 radical (unpaired) electrons. The van der Waals surface area contributed by atoms with Crippen molar-refractivity contribution in [3.63, 3.8) is 0 Å². The monoisotopic (exact) mass is 442 g/mol. The quantitative estimate of drug-likeness (QED) is 0.596. The summed E-state index contributed by atoms with van der Waals surface area (Å²) in [6.45, 7) is 2.56. The number of piperidine rings is 1. The number of carbonyl (C=O) groups is 1. The van der Waals surface area contributed by atoms with E-state index in [0.29, 0.717) is 41.9 Å². The first-order valence-corrected chi connectivity index (χ1v) is 10.8. The van der Waals surface area contributed by atoms with Crippen LogP contribution in [-0.2, 0) is 17.8 Å². The zero-order chi connectivity index (χ0) is 21.6. The van der Waals surface area contributed by atoms with Gasteiger partial charge in [-0.25, -0.2) is 4.39 Å². The van der Waals surface area contributed by atoms with Gasteiger partial charge in [0.25, 0.3) is 0 Å². The maximum atomic E-state index is 13.7. The van der Waals surface area contributed by atoms with E-state index in [2.05, 4.69) is 20.4 Å². The van der Waals surface area contributed by atoms with E-state index in [9.17, 15) is 9.18 Å². The first kappa shape index (κ1) is 21.5. The number of nitrogens with one attached hydrogen (secondary N) is 1. The molecule has 1 aliphatic rings. The van der Waals surface area contributed by atoms with Crippen LogP contribution >= 0.6 is 11.6 Å². The fourth-order valence-electron chi connectivity index (χ4n) is 3.74. The topological polar surface area (TPSA) is 71.3 Å². The van der Waals surface area contributed by atoms with Crippen molar-refractivity contribution < 1.29 is 13.6 Å². The summed E-state index contributed by atoms with van der Waals surface area (Å²) in [7, 11) is 0. The van der Waals surface area contributed by atoms with Crippen molar-refractivity contribution in [3.8, 4) is 11.5 Å². The second-order valence-electron chi connectivity index (χ2n) is 7.69. The molecule has 1 fully saturated rings. The lowest BCUT2D eigenvalue weighted by Gasteiger charge is -2.30. The SMILES string of the molecule is O=C(NCCc1ccccc1F)C1CCN(Cc2nnc(-c3ccc(Cl)cc3)o2)CC1. The molecular formula is C23H24ClFN4O2. The van der Waals surface area contributed by atoms with Crippen molar-refractivity contribution in [2.24, 2.45) is 5.92 Å². The van der Waals surface area contributed by atoms with Crippen LogP contribution in [0.2, 0.25) is 5.02 Å². The fraction of sp³-hybridized carbons (Fsp3) is 0.348. The number of rotatable bonds is 7. The number of aromatic nitrogens is 2. The smallest absolute Gasteiger partial charge is 0.247 e. The number of hydrogen-bond donors (Lipinski definition) is 1. The Bertz CT molecular complexity index is 1020. The van der Waals surface area contributed by atoms with Crippen LogP contribution in [0.5, 0.6) is 0 Å². The van der Waals surface area contributed by atoms with Gasteiger partial charge in [0.05, 0.1) is 6.54 Å². The molecule has 2 heterocycles. The fourth-order valence-corrected chi connectivity index (χ4v) is 3.86. The second-order valence-corrected chi connectivity index (χ2v) is 8.13. The summed E-state index contributed by atoms with van der Waals surface area (Å²) >= 11 is 5.91. The number of nitrogens with zero attached hydrogens (tertiary/aromatic N) is 3. The molecule has 0 spiro atoms. The summed E-state index contributed by atoms with van der Waals surface area (Å²) in [6, 6.07) is 13.9. The maximum Gasteiger partial charge on any atom is 0.247 e. The standard InChI is InChI=1S/C23H24ClFN4O2/c24-19-7-5-18(6-8-19)23-28-27-21(31-23)15-29-13-10-17(11-14-29)22(30)26-12-9-16-3-1-2-4-20(16)25/h1-8,17H,9-15H2,(H,26,30). The number of halogens is 2. The molecule has 1 aliphatic heterocycles. The highest BCUT2D eigenvalue weighted by Gasteiger charge is 2.25. The van der Waals surface area contributed by atoms with E-state index in [1.54, 1.807) is 30.3 Å². The minimum atomic E-state index is -0.231. The molecule has 2 aromatic carbocycles. The van der Waals surface area contributed by atoms with Crippen molar-refractivity contribution in [2.75, 3.05) is 19.6 Å². The van der Waals surface area contributed by atoms with Gasteiger partial charge in [0.15, 0.2) is 0 Å². The molecule has 1 N–H and O–H groups in total. The number of carbonyl (C=O) groups excluding carboxylic acids is 1. The summed E-state index contributed by atoms with van der Waals surface area (Å²) in [5.74, 6) is 0.807. The highest BCUT2D eigenvalue weighted by Crippen LogP contribution is 2.22. The van der Waals surface area contributed by atoms with Gasteiger partial charge >= 0.3 is 0 Å². The number of amides is 1. The normalized spacial score (nSPS) is 15.2. The molecule has 0 unspecified atom stereocenters. The van der Waals surface area contributed by atoms with Crippen LogP contribution in [0.1, 0.15) is 24.3 Å². The predicted molar refractivity (Wildman–Crippen MR) is 116 cm³/mol. The lowest BCUT2D eigenvalue weighted by molar-refractivity contribution is -0.126. The number of benzene rings is 2. The molecular weight excluding hydrogens is 419 g/mol. The van der Waals surface area contributed by atoms with Crippen molar-refractivity contribution in [1.82, 2.24) is 20.4 Å². The third-order valence-electron chi connectivity index (χ3n) is 5.53. The van der Waals surface area contributed by atoms with Crippen LogP contribution < -0.4 is 5.32 Å². The van der Waals surface area contributed by atoms with Crippen molar-refractivity contribution in [2.45, 2.75) is 25.8 Å². The van der Waals surface area contributed by atoms with Gasteiger partial charge in [-0.3, -0.25) is 9.69 Å². The minimum Gasteiger partial charge on any atom is -0.419 e. The Morgan fingerprint density at radius 3 is 2.61 bits per heavy atom. The van der Waals surface area contributed by atoms with E-state index in [1.165, 1.54) is 6.07 Å². The molecule has 8 heteroatoms. The van der Waals surface area contributed by atoms with Crippen LogP contribution in [0.15, 0.2) is 52.9 Å². The van der Waals surface area contributed by atoms with E-state index in [0.717, 1.165) is 31.5 Å². The number of likely N-dealkylation sites (tertiary alicyclic amines) is 1. The highest BCUT2D eigenvalue weighted by molar-refractivity contribution is 6.30. The maximum absolute atomic E-state index is 13.7. The van der Waals surface area contributed by atoms with E-state index in [-0.39, 0.29) is 17.6 Å². The Kier molecular flexibility index (Phi) is 6.94. The van der Waals surface area contributed by atoms with Crippen molar-refractivity contribution in [1.29, 1.82) is 0 Å². The predicted octanol–water partition coefficient (Wildman–Crippen LogP) is 4.10. The molecule has 6 nitrogen and oxygen atoms in total. The summed E-state index contributed by atoms with van der Waals surface area (Å²) < 4.78 is 19.4. The Hall–Kier alpha value is -2.77. The Labute approximate surface area is 185 Å². The average molecular weight is 443 g/mol. The zero-order valence-corrected chi connectivity index (χ0v) is 17.8. The molecule has 1 aromatic heterocycles. The van der Waals surface area contributed by atoms with Gasteiger partial charge in [-0.1, -0.05) is 29.8 Å². The van der Waals surface area contributed by atoms with Crippen LogP contribution in [0.3, 0.4) is 0 Å². The van der Waals surface area contributed by atoms with Crippen LogP contribution in [0.25, 0.3) is 11.5 Å². The van der Waals surface area contributed by atoms with E-state index < -0.39 is 0 Å². The van der Waals surface area contributed by atoms with Crippen LogP contribution in [-0.4, -0.2) is 40.6 Å². The lowest BCUT2D eigenvalue weighted by atomic mass is 9.96. The van der Waals surface area contributed by atoms with E-state index >= 15 is 0 Å². The summed E-state index contributed by atoms with van der Waals surface area (Å²) in [4.78, 5) is 14.7. The molecule has 4 rings (SSSR count). The van der Waals surface area contributed by atoms with Gasteiger partial charge in [-0.2, -0.15) is 0 Å². The van der Waals surface area contributed by atoms with E-state index in [4.69, 9.17) is 16.0 Å². The number of hydrogen-bond acceptors (Lipinski definition) is 5. The van der Waals surface area contributed by atoms with Crippen molar-refractivity contribution >= 4 is 17.5 Å². The van der Waals surface area contributed by atoms with Crippen LogP contribution in [0, 0.1) is 11.7 Å². The molecule has 31 heavy (non-hydrogen) atoms. The summed E-state index contributed by atoms with van der Waals surface area (Å²) in [5.41, 5.74) is 1.45. The van der Waals surface area contributed by atoms with Gasteiger partial charge in [0.2, 0.25) is 17.7 Å². The molecule has 1 saturated heterocycles. The van der Waals surface area contributed by atoms with Gasteiger partial charge in [-0.15, -0.1) is 10.2 Å². The Morgan fingerprint density at radius 1 is 1.13 bits per heavy atom. The lowest BCUT2D eigenvalue weighted by Crippen LogP contribution is -2.40. The molecule has 0 atom stereocenters. The van der Waals surface area contributed by atoms with Gasteiger partial charge in [0, 0.05) is 23.0 Å². The van der Waals surface area contributed by atoms with Gasteiger partial charge in [0.1, 0.15) is 5.82 Å². The first-order chi connectivity index (χ1) is 15.1. The second kappa shape index (κ2) is 10.0. The first-order valence-electron chi connectivity index (χ1n) is 10.4. The summed E-state index contributed by atoms with van der Waals surface area (Å²) in [6.07, 6.45) is 2.03. The Balaban J connectivity index is 1.21. The van der Waals surface area contributed by atoms with Crippen molar-refractivity contribution in [3.05, 3.63) is 70.8 Å².